The zero-order valence-electron chi connectivity index (χ0n) is 9.03. The monoisotopic (exact) mass is 215 g/mol. The first-order chi connectivity index (χ1) is 7.02. The van der Waals surface area contributed by atoms with Crippen LogP contribution in [0.25, 0.3) is 0 Å². The third kappa shape index (κ3) is 3.20. The fourth-order valence-electron chi connectivity index (χ4n) is 1.26. The van der Waals surface area contributed by atoms with Crippen molar-refractivity contribution in [1.82, 2.24) is 5.32 Å². The fraction of sp³-hybridized carbons (Fsp3) is 0.800. The molecule has 86 valence electrons. The summed E-state index contributed by atoms with van der Waals surface area (Å²) in [5.41, 5.74) is 0. The number of aliphatic carboxylic acids is 1. The van der Waals surface area contributed by atoms with Crippen molar-refractivity contribution in [2.45, 2.75) is 26.4 Å². The largest absolute Gasteiger partial charge is 0.481 e. The molecular formula is C10H17NO4. The Morgan fingerprint density at radius 1 is 1.47 bits per heavy atom. The van der Waals surface area contributed by atoms with E-state index in [1.165, 1.54) is 6.92 Å². The lowest BCUT2D eigenvalue weighted by molar-refractivity contribution is -0.146. The molecule has 1 amide bonds. The van der Waals surface area contributed by atoms with E-state index in [1.54, 1.807) is 6.92 Å². The van der Waals surface area contributed by atoms with Crippen LogP contribution < -0.4 is 5.32 Å². The summed E-state index contributed by atoms with van der Waals surface area (Å²) in [7, 11) is 0. The van der Waals surface area contributed by atoms with E-state index >= 15 is 0 Å². The Bertz CT molecular complexity index is 250. The minimum atomic E-state index is -0.947. The number of ether oxygens (including phenoxy) is 1. The lowest BCUT2D eigenvalue weighted by Gasteiger charge is -2.27. The molecule has 3 atom stereocenters. The van der Waals surface area contributed by atoms with Gasteiger partial charge in [-0.05, 0) is 6.42 Å². The van der Waals surface area contributed by atoms with E-state index in [-0.39, 0.29) is 12.0 Å². The maximum atomic E-state index is 11.5. The Hall–Kier alpha value is -1.10. The molecule has 1 rings (SSSR count). The van der Waals surface area contributed by atoms with Gasteiger partial charge in [0.1, 0.15) is 0 Å². The van der Waals surface area contributed by atoms with Crippen molar-refractivity contribution in [2.24, 2.45) is 11.8 Å². The predicted octanol–water partition coefficient (Wildman–Crippen LogP) is 0.248. The Kier molecular flexibility index (Phi) is 4.08. The standard InChI is InChI=1S/C10H17NO4/c1-6(7(2)10(13)14)9(12)11-5-8-3-4-15-8/h6-8H,3-5H2,1-2H3,(H,11,12)(H,13,14). The molecular weight excluding hydrogens is 198 g/mol. The molecule has 0 aromatic rings. The topological polar surface area (TPSA) is 75.6 Å². The minimum Gasteiger partial charge on any atom is -0.481 e. The lowest BCUT2D eigenvalue weighted by Crippen LogP contribution is -2.43. The molecule has 0 aromatic heterocycles. The zero-order valence-corrected chi connectivity index (χ0v) is 9.03. The molecule has 0 bridgehead atoms. The number of carboxylic acids is 1. The fourth-order valence-corrected chi connectivity index (χ4v) is 1.26. The van der Waals surface area contributed by atoms with Crippen LogP contribution in [-0.4, -0.2) is 36.2 Å². The van der Waals surface area contributed by atoms with Gasteiger partial charge < -0.3 is 15.2 Å². The van der Waals surface area contributed by atoms with Gasteiger partial charge >= 0.3 is 5.97 Å². The SMILES string of the molecule is CC(C(=O)O)C(C)C(=O)NCC1CCO1. The number of nitrogens with one attached hydrogen (secondary N) is 1. The van der Waals surface area contributed by atoms with Crippen LogP contribution in [-0.2, 0) is 14.3 Å². The molecule has 1 fully saturated rings. The molecule has 0 spiro atoms. The highest BCUT2D eigenvalue weighted by Crippen LogP contribution is 2.12. The third-order valence-corrected chi connectivity index (χ3v) is 2.85. The van der Waals surface area contributed by atoms with Gasteiger partial charge in [-0.15, -0.1) is 0 Å². The highest BCUT2D eigenvalue weighted by Gasteiger charge is 2.27. The van der Waals surface area contributed by atoms with Gasteiger partial charge in [0.05, 0.1) is 12.0 Å². The van der Waals surface area contributed by atoms with Crippen LogP contribution in [0.2, 0.25) is 0 Å². The van der Waals surface area contributed by atoms with E-state index in [4.69, 9.17) is 9.84 Å². The normalized spacial score (nSPS) is 23.7. The summed E-state index contributed by atoms with van der Waals surface area (Å²) in [6.45, 7) is 4.39. The number of amides is 1. The first-order valence-corrected chi connectivity index (χ1v) is 5.14. The van der Waals surface area contributed by atoms with Crippen molar-refractivity contribution >= 4 is 11.9 Å². The van der Waals surface area contributed by atoms with E-state index in [2.05, 4.69) is 5.32 Å². The highest BCUT2D eigenvalue weighted by atomic mass is 16.5. The average Bonchev–Trinajstić information content (AvgIpc) is 2.12. The van der Waals surface area contributed by atoms with Crippen molar-refractivity contribution in [1.29, 1.82) is 0 Å². The molecule has 0 radical (unpaired) electrons. The number of carbonyl (C=O) groups excluding carboxylic acids is 1. The summed E-state index contributed by atoms with van der Waals surface area (Å²) < 4.78 is 5.14. The van der Waals surface area contributed by atoms with Gasteiger partial charge in [0.2, 0.25) is 5.91 Å². The highest BCUT2D eigenvalue weighted by molar-refractivity contribution is 5.84. The Balaban J connectivity index is 2.28. The molecule has 0 saturated carbocycles. The van der Waals surface area contributed by atoms with Crippen molar-refractivity contribution in [3.8, 4) is 0 Å². The summed E-state index contributed by atoms with van der Waals surface area (Å²) in [5.74, 6) is -2.34. The molecule has 1 aliphatic heterocycles. The van der Waals surface area contributed by atoms with Gasteiger partial charge in [-0.1, -0.05) is 13.8 Å². The number of hydrogen-bond donors (Lipinski definition) is 2. The second-order valence-corrected chi connectivity index (χ2v) is 3.94. The van der Waals surface area contributed by atoms with Crippen LogP contribution in [0.3, 0.4) is 0 Å². The average molecular weight is 215 g/mol. The van der Waals surface area contributed by atoms with Crippen LogP contribution in [0.1, 0.15) is 20.3 Å². The zero-order chi connectivity index (χ0) is 11.4. The minimum absolute atomic E-state index is 0.112. The number of hydrogen-bond acceptors (Lipinski definition) is 3. The van der Waals surface area contributed by atoms with Crippen molar-refractivity contribution in [3.05, 3.63) is 0 Å². The molecule has 0 aliphatic carbocycles. The van der Waals surface area contributed by atoms with E-state index in [1.807, 2.05) is 0 Å². The maximum Gasteiger partial charge on any atom is 0.307 e. The van der Waals surface area contributed by atoms with Crippen LogP contribution in [0.15, 0.2) is 0 Å². The van der Waals surface area contributed by atoms with Crippen LogP contribution >= 0.6 is 0 Å². The third-order valence-electron chi connectivity index (χ3n) is 2.85. The molecule has 1 heterocycles. The smallest absolute Gasteiger partial charge is 0.307 e. The quantitative estimate of drug-likeness (QED) is 0.689. The molecule has 5 nitrogen and oxygen atoms in total. The lowest BCUT2D eigenvalue weighted by atomic mass is 9.95. The van der Waals surface area contributed by atoms with Crippen molar-refractivity contribution in [2.75, 3.05) is 13.2 Å². The van der Waals surface area contributed by atoms with E-state index < -0.39 is 17.8 Å². The molecule has 0 aromatic carbocycles. The first kappa shape index (κ1) is 12.0. The maximum absolute atomic E-state index is 11.5. The number of carbonyl (C=O) groups is 2. The summed E-state index contributed by atoms with van der Waals surface area (Å²) in [5, 5.41) is 11.4. The van der Waals surface area contributed by atoms with Gasteiger partial charge in [-0.3, -0.25) is 9.59 Å². The second-order valence-electron chi connectivity index (χ2n) is 3.94. The predicted molar refractivity (Wildman–Crippen MR) is 53.3 cm³/mol. The van der Waals surface area contributed by atoms with Crippen LogP contribution in [0.4, 0.5) is 0 Å². The molecule has 15 heavy (non-hydrogen) atoms. The second kappa shape index (κ2) is 5.11. The van der Waals surface area contributed by atoms with E-state index in [9.17, 15) is 9.59 Å². The molecule has 2 N–H and O–H groups in total. The number of carboxylic acid groups (broad SMARTS) is 1. The van der Waals surface area contributed by atoms with Crippen molar-refractivity contribution < 1.29 is 19.4 Å². The van der Waals surface area contributed by atoms with Gasteiger partial charge in [0.15, 0.2) is 0 Å². The van der Waals surface area contributed by atoms with E-state index in [0.717, 1.165) is 13.0 Å². The van der Waals surface area contributed by atoms with Gasteiger partial charge in [0.25, 0.3) is 0 Å². The summed E-state index contributed by atoms with van der Waals surface area (Å²) in [4.78, 5) is 22.1. The molecule has 3 unspecified atom stereocenters. The first-order valence-electron chi connectivity index (χ1n) is 5.14. The molecule has 1 aliphatic rings. The molecule has 1 saturated heterocycles. The summed E-state index contributed by atoms with van der Waals surface area (Å²) in [6.07, 6.45) is 1.07. The Morgan fingerprint density at radius 3 is 2.47 bits per heavy atom. The van der Waals surface area contributed by atoms with E-state index in [0.29, 0.717) is 6.54 Å². The summed E-state index contributed by atoms with van der Waals surface area (Å²) >= 11 is 0. The van der Waals surface area contributed by atoms with Gasteiger partial charge in [0, 0.05) is 19.1 Å². The number of rotatable bonds is 5. The Morgan fingerprint density at radius 2 is 2.07 bits per heavy atom. The van der Waals surface area contributed by atoms with Crippen LogP contribution in [0.5, 0.6) is 0 Å². The van der Waals surface area contributed by atoms with Crippen LogP contribution in [0, 0.1) is 11.8 Å². The van der Waals surface area contributed by atoms with Crippen molar-refractivity contribution in [3.63, 3.8) is 0 Å². The van der Waals surface area contributed by atoms with Gasteiger partial charge in [-0.25, -0.2) is 0 Å². The van der Waals surface area contributed by atoms with Gasteiger partial charge in [-0.2, -0.15) is 0 Å². The Labute approximate surface area is 88.8 Å². The summed E-state index contributed by atoms with van der Waals surface area (Å²) in [6, 6.07) is 0. The molecule has 5 heteroatoms.